The number of aromatic nitrogens is 5. The smallest absolute Gasteiger partial charge is 0.354 e. The van der Waals surface area contributed by atoms with Crippen molar-refractivity contribution in [3.8, 4) is 11.3 Å². The van der Waals surface area contributed by atoms with E-state index in [2.05, 4.69) is 198 Å². The van der Waals surface area contributed by atoms with E-state index >= 15 is 0 Å². The maximum atomic E-state index is 13.7. The summed E-state index contributed by atoms with van der Waals surface area (Å²) in [4.78, 5) is 108. The molecule has 0 radical (unpaired) electrons. The lowest BCUT2D eigenvalue weighted by atomic mass is 9.83. The van der Waals surface area contributed by atoms with Crippen molar-refractivity contribution in [1.82, 2.24) is 35.1 Å². The first-order valence-corrected chi connectivity index (χ1v) is 50.2. The van der Waals surface area contributed by atoms with E-state index in [0.717, 1.165) is 82.1 Å². The lowest BCUT2D eigenvalue weighted by Crippen LogP contribution is -2.46. The minimum Gasteiger partial charge on any atom is -0.477 e. The molecule has 2 saturated heterocycles. The minimum atomic E-state index is -1.03. The molecule has 8 N–H and O–H groups in total. The maximum Gasteiger partial charge on any atom is 0.354 e. The van der Waals surface area contributed by atoms with E-state index in [4.69, 9.17) is 68.8 Å². The number of pyridine rings is 5. The number of carboxylic acids is 1. The number of benzene rings is 8. The largest absolute Gasteiger partial charge is 0.477 e. The van der Waals surface area contributed by atoms with Gasteiger partial charge in [0.05, 0.1) is 50.3 Å². The van der Waals surface area contributed by atoms with Crippen LogP contribution in [0.25, 0.3) is 11.3 Å². The zero-order valence-electron chi connectivity index (χ0n) is 86.7. The van der Waals surface area contributed by atoms with Crippen LogP contribution in [0.1, 0.15) is 285 Å². The summed E-state index contributed by atoms with van der Waals surface area (Å²) in [7, 11) is 0. The van der Waals surface area contributed by atoms with Crippen LogP contribution in [0.3, 0.4) is 0 Å². The number of piperidine rings is 2. The second-order valence-corrected chi connectivity index (χ2v) is 40.4. The monoisotopic (exact) mass is 2030 g/mol. The van der Waals surface area contributed by atoms with Crippen LogP contribution in [0.5, 0.6) is 0 Å². The highest BCUT2D eigenvalue weighted by Gasteiger charge is 2.41. The van der Waals surface area contributed by atoms with Gasteiger partial charge in [-0.1, -0.05) is 343 Å². The van der Waals surface area contributed by atoms with Gasteiger partial charge in [-0.05, 0) is 244 Å². The molecule has 143 heavy (non-hydrogen) atoms. The van der Waals surface area contributed by atoms with Crippen LogP contribution in [0.15, 0.2) is 292 Å². The first-order valence-electron chi connectivity index (χ1n) is 48.3. The van der Waals surface area contributed by atoms with E-state index < -0.39 is 11.2 Å². The number of hydrogen-bond acceptors (Lipinski definition) is 14. The fraction of sp³-hybridized carbons (Fsp3) is 0.322. The summed E-state index contributed by atoms with van der Waals surface area (Å²) in [6.45, 7) is 49.4. The van der Waals surface area contributed by atoms with E-state index in [1.54, 1.807) is 66.7 Å². The molecule has 0 spiro atoms. The number of carbonyl (C=O) groups excluding carboxylic acids is 6. The van der Waals surface area contributed by atoms with Gasteiger partial charge in [-0.2, -0.15) is 0 Å². The number of hydrogen-bond donors (Lipinski definition) is 7. The molecule has 0 aliphatic carbocycles. The summed E-state index contributed by atoms with van der Waals surface area (Å²) < 4.78 is 0. The molecule has 5 amide bonds. The average Bonchev–Trinajstić information content (AvgIpc) is 0.774. The molecule has 15 rings (SSSR count). The third-order valence-corrected chi connectivity index (χ3v) is 23.8. The average molecular weight is 2030 g/mol. The third kappa shape index (κ3) is 37.8. The van der Waals surface area contributed by atoms with Crippen LogP contribution < -0.4 is 32.3 Å². The number of nitrogens with two attached hydrogens (primary N) is 1. The number of amides is 5. The molecule has 25 heteroatoms. The minimum absolute atomic E-state index is 0.0230. The first kappa shape index (κ1) is 119. The van der Waals surface area contributed by atoms with Gasteiger partial charge in [-0.25, -0.2) is 24.7 Å². The highest BCUT2D eigenvalue weighted by atomic mass is 35.5. The SMILES string of the molecule is CC.CC.CC.CC(C)(C)c1cccc(N)c1.CC(C)(C)c1cccc(NC(=O)[C@H]2CCCN[C@H]2c2ccccc2)c1.CC(C)(C)c1cccc(NC(=O)c2cccnc2-c2ccccc2)c1.CC(C)(C)c1cccc(NC(=O)c2cccnc2Cl)c1.Cc1cc(Cl)cnc1C(=O)N1CCC[C@H](C(=O)Nc2cccc(C(C)(C)C)c2)[C@@H]1c1ccccc1.Cc1cc(Cl)cnc1C(=O)O.O=C(Cl)c1cccnc1Cl. The molecule has 0 bridgehead atoms. The molecule has 0 saturated carbocycles. The van der Waals surface area contributed by atoms with Crippen molar-refractivity contribution in [3.63, 3.8) is 0 Å². The Morgan fingerprint density at radius 2 is 0.755 bits per heavy atom. The second kappa shape index (κ2) is 57.5. The molecule has 8 aromatic carbocycles. The summed E-state index contributed by atoms with van der Waals surface area (Å²) in [6.07, 6.45) is 10.9. The molecule has 7 heterocycles. The molecule has 756 valence electrons. The highest BCUT2D eigenvalue weighted by Crippen LogP contribution is 2.40. The zero-order chi connectivity index (χ0) is 106. The number of nitrogen functional groups attached to an aromatic ring is 1. The Hall–Kier alpha value is -12.8. The number of aromatic carboxylic acids is 1. The number of anilines is 5. The molecular formula is C118H141Cl5N12O8. The predicted octanol–water partition coefficient (Wildman–Crippen LogP) is 30.3. The van der Waals surface area contributed by atoms with Crippen LogP contribution in [-0.4, -0.2) is 88.8 Å². The Kier molecular flexibility index (Phi) is 47.8. The van der Waals surface area contributed by atoms with Gasteiger partial charge in [0.25, 0.3) is 23.0 Å². The maximum absolute atomic E-state index is 13.7. The Morgan fingerprint density at radius 3 is 1.15 bits per heavy atom. The number of carbonyl (C=O) groups is 7. The van der Waals surface area contributed by atoms with Crippen molar-refractivity contribution in [2.75, 3.05) is 40.1 Å². The van der Waals surface area contributed by atoms with Crippen molar-refractivity contribution < 1.29 is 38.7 Å². The zero-order valence-corrected chi connectivity index (χ0v) is 90.5. The molecule has 4 atom stereocenters. The second-order valence-electron chi connectivity index (χ2n) is 38.4. The van der Waals surface area contributed by atoms with E-state index in [1.165, 1.54) is 46.9 Å². The Morgan fingerprint density at radius 1 is 0.392 bits per heavy atom. The van der Waals surface area contributed by atoms with Gasteiger partial charge < -0.3 is 42.3 Å². The van der Waals surface area contributed by atoms with Crippen molar-refractivity contribution in [2.24, 2.45) is 11.8 Å². The van der Waals surface area contributed by atoms with Crippen LogP contribution in [0, 0.1) is 25.7 Å². The fourth-order valence-electron chi connectivity index (χ4n) is 15.0. The van der Waals surface area contributed by atoms with Crippen molar-refractivity contribution in [2.45, 2.75) is 224 Å². The molecule has 20 nitrogen and oxygen atoms in total. The Labute approximate surface area is 872 Å². The number of halogens is 5. The quantitative estimate of drug-likeness (QED) is 0.0303. The van der Waals surface area contributed by atoms with Gasteiger partial charge >= 0.3 is 5.97 Å². The van der Waals surface area contributed by atoms with Gasteiger partial charge in [0.2, 0.25) is 11.8 Å². The number of nitrogens with one attached hydrogen (secondary N) is 5. The predicted molar refractivity (Wildman–Crippen MR) is 593 cm³/mol. The van der Waals surface area contributed by atoms with E-state index in [1.807, 2.05) is 218 Å². The molecule has 2 fully saturated rings. The van der Waals surface area contributed by atoms with Crippen molar-refractivity contribution >= 4 is 127 Å². The van der Waals surface area contributed by atoms with Gasteiger partial charge in [0, 0.05) is 77.6 Å². The summed E-state index contributed by atoms with van der Waals surface area (Å²) >= 11 is 28.2. The Balaban J connectivity index is 0.000000263. The summed E-state index contributed by atoms with van der Waals surface area (Å²) in [5, 5.41) is 24.9. The van der Waals surface area contributed by atoms with Gasteiger partial charge in [0.1, 0.15) is 16.0 Å². The van der Waals surface area contributed by atoms with Crippen LogP contribution in [-0.2, 0) is 36.7 Å². The summed E-state index contributed by atoms with van der Waals surface area (Å²) in [5.41, 5.74) is 22.7. The van der Waals surface area contributed by atoms with Gasteiger partial charge in [-0.3, -0.25) is 33.8 Å². The standard InChI is InChI=1S/C29H32ClN3O2.C22H28N2O.C22H22N2O.C16H17ClN2O.C10H15N.C7H6ClNO2.C6H3Cl2NO.3C2H6/c1-19-16-22(30)18-31-25(19)28(35)33-15-9-14-24(26(33)20-10-6-5-7-11-20)27(34)32-23-13-8-12-21(17-23)29(2,3)4;2*1-22(2,3)17-11-7-12-18(15-17)24-21(25)19-13-8-14-23-20(19)16-9-5-4-6-10-16;1-16(2,3)11-6-4-7-12(10-11)19-15(20)13-8-5-9-18-14(13)17;1-10(2,3)8-5-4-6-9(11)7-8;1-4-2-5(8)3-9-6(4)7(10)11;7-5-4(6(8)10)2-1-3-9-5;3*1-2/h5-8,10-13,16-18,24,26H,9,14-15H2,1-4H3,(H,32,34);4-7,9-12,15,19-20,23H,8,13-14H2,1-3H3,(H,24,25);4-15H,1-3H3,(H,24,25);4-10H,1-3H3,(H,19,20);4-7H,11H2,1-3H3;2-3H,1H3,(H,10,11);1-3H;3*1-2H3/t24-,26-;19-,20-;;;;;;;;/m00......../s1. The van der Waals surface area contributed by atoms with Crippen LogP contribution in [0.2, 0.25) is 20.4 Å². The molecular weight excluding hydrogens is 1890 g/mol. The molecule has 0 unspecified atom stereocenters. The third-order valence-electron chi connectivity index (χ3n) is 22.6. The van der Waals surface area contributed by atoms with Gasteiger partial charge in [-0.15, -0.1) is 0 Å². The van der Waals surface area contributed by atoms with Crippen molar-refractivity contribution in [3.05, 3.63) is 390 Å². The summed E-state index contributed by atoms with van der Waals surface area (Å²) in [5.74, 6) is -2.03. The number of carboxylic acid groups (broad SMARTS) is 1. The van der Waals surface area contributed by atoms with E-state index in [9.17, 15) is 33.6 Å². The molecule has 13 aromatic rings. The van der Waals surface area contributed by atoms with Crippen LogP contribution in [0.4, 0.5) is 28.4 Å². The Bertz CT molecular complexity index is 6280. The van der Waals surface area contributed by atoms with E-state index in [-0.39, 0.29) is 102 Å². The molecule has 5 aromatic heterocycles. The molecule has 2 aliphatic heterocycles. The molecule has 2 aliphatic rings. The van der Waals surface area contributed by atoms with Crippen molar-refractivity contribution in [1.29, 1.82) is 0 Å². The first-order chi connectivity index (χ1) is 67.7. The summed E-state index contributed by atoms with van der Waals surface area (Å²) in [6, 6.07) is 82.9. The number of rotatable bonds is 14. The van der Waals surface area contributed by atoms with Gasteiger partial charge in [0.15, 0.2) is 5.69 Å². The van der Waals surface area contributed by atoms with Crippen LogP contribution >= 0.6 is 58.0 Å². The highest BCUT2D eigenvalue weighted by molar-refractivity contribution is 6.68. The lowest BCUT2D eigenvalue weighted by molar-refractivity contribution is -0.123. The normalized spacial score (nSPS) is 14.1. The number of likely N-dealkylation sites (tertiary alicyclic amines) is 1. The fourth-order valence-corrected chi connectivity index (χ4v) is 16.1. The number of aryl methyl sites for hydroxylation is 2. The lowest BCUT2D eigenvalue weighted by Gasteiger charge is -2.41. The number of nitrogens with zero attached hydrogens (tertiary/aromatic N) is 6. The topological polar surface area (TPSA) is 294 Å². The van der Waals surface area contributed by atoms with E-state index in [0.29, 0.717) is 51.1 Å².